The lowest BCUT2D eigenvalue weighted by molar-refractivity contribution is -0.149. The van der Waals surface area contributed by atoms with Crippen LogP contribution in [0.5, 0.6) is 5.75 Å². The van der Waals surface area contributed by atoms with Crippen molar-refractivity contribution in [1.29, 1.82) is 0 Å². The second-order valence-corrected chi connectivity index (χ2v) is 8.16. The van der Waals surface area contributed by atoms with E-state index < -0.39 is 5.60 Å². The lowest BCUT2D eigenvalue weighted by Crippen LogP contribution is -2.56. The first-order chi connectivity index (χ1) is 13.7. The molecule has 156 valence electrons. The van der Waals surface area contributed by atoms with Gasteiger partial charge in [0.15, 0.2) is 5.60 Å². The molecule has 2 aromatic rings. The highest BCUT2D eigenvalue weighted by Crippen LogP contribution is 2.23. The van der Waals surface area contributed by atoms with Crippen molar-refractivity contribution >= 4 is 23.4 Å². The second-order valence-electron chi connectivity index (χ2n) is 7.72. The first-order valence-corrected chi connectivity index (χ1v) is 9.98. The summed E-state index contributed by atoms with van der Waals surface area (Å²) in [4.78, 5) is 29.1. The normalized spacial score (nSPS) is 14.8. The van der Waals surface area contributed by atoms with Crippen LogP contribution in [-0.2, 0) is 16.0 Å². The summed E-state index contributed by atoms with van der Waals surface area (Å²) in [5.41, 5.74) is 0.563. The molecule has 2 amide bonds. The van der Waals surface area contributed by atoms with E-state index >= 15 is 0 Å². The van der Waals surface area contributed by atoms with Gasteiger partial charge in [0.2, 0.25) is 5.91 Å². The Morgan fingerprint density at radius 1 is 1.10 bits per heavy atom. The number of hydrogen-bond acceptors (Lipinski definition) is 5. The third-order valence-corrected chi connectivity index (χ3v) is 5.38. The van der Waals surface area contributed by atoms with Gasteiger partial charge in [0.05, 0.1) is 12.1 Å². The Morgan fingerprint density at radius 3 is 2.24 bits per heavy atom. The molecule has 2 heterocycles. The van der Waals surface area contributed by atoms with Crippen LogP contribution in [0.1, 0.15) is 30.9 Å². The molecule has 0 atom stereocenters. The van der Waals surface area contributed by atoms with Crippen LogP contribution in [0.15, 0.2) is 28.8 Å². The van der Waals surface area contributed by atoms with Gasteiger partial charge in [-0.05, 0) is 52.0 Å². The van der Waals surface area contributed by atoms with Gasteiger partial charge in [-0.3, -0.25) is 9.59 Å². The maximum Gasteiger partial charge on any atom is 0.266 e. The first kappa shape index (κ1) is 21.2. The number of nitrogens with zero attached hydrogens (tertiary/aromatic N) is 3. The van der Waals surface area contributed by atoms with Crippen molar-refractivity contribution in [3.63, 3.8) is 0 Å². The Morgan fingerprint density at radius 2 is 1.69 bits per heavy atom. The maximum absolute atomic E-state index is 13.0. The molecule has 1 saturated heterocycles. The summed E-state index contributed by atoms with van der Waals surface area (Å²) in [5.74, 6) is 1.17. The molecule has 1 fully saturated rings. The van der Waals surface area contributed by atoms with E-state index in [0.29, 0.717) is 42.7 Å². The number of amides is 2. The Bertz CT molecular complexity index is 864. The molecule has 0 saturated carbocycles. The third-order valence-electron chi connectivity index (χ3n) is 5.13. The topological polar surface area (TPSA) is 75.9 Å². The maximum atomic E-state index is 13.0. The summed E-state index contributed by atoms with van der Waals surface area (Å²) in [6.45, 7) is 9.06. The zero-order chi connectivity index (χ0) is 21.2. The molecule has 8 heteroatoms. The molecule has 1 aliphatic heterocycles. The van der Waals surface area contributed by atoms with E-state index in [1.807, 2.05) is 13.8 Å². The van der Waals surface area contributed by atoms with Crippen LogP contribution >= 0.6 is 11.6 Å². The highest BCUT2D eigenvalue weighted by molar-refractivity contribution is 6.30. The molecule has 0 aliphatic carbocycles. The monoisotopic (exact) mass is 419 g/mol. The smallest absolute Gasteiger partial charge is 0.266 e. The molecular weight excluding hydrogens is 394 g/mol. The minimum absolute atomic E-state index is 0.0168. The average Bonchev–Trinajstić information content (AvgIpc) is 3.01. The van der Waals surface area contributed by atoms with Crippen molar-refractivity contribution in [3.05, 3.63) is 46.3 Å². The summed E-state index contributed by atoms with van der Waals surface area (Å²) in [7, 11) is 0. The third kappa shape index (κ3) is 4.90. The van der Waals surface area contributed by atoms with Crippen molar-refractivity contribution in [2.24, 2.45) is 0 Å². The summed E-state index contributed by atoms with van der Waals surface area (Å²) in [5, 5.41) is 4.51. The molecule has 29 heavy (non-hydrogen) atoms. The van der Waals surface area contributed by atoms with E-state index in [4.69, 9.17) is 20.9 Å². The fourth-order valence-corrected chi connectivity index (χ4v) is 3.52. The van der Waals surface area contributed by atoms with Gasteiger partial charge < -0.3 is 19.1 Å². The molecule has 7 nitrogen and oxygen atoms in total. The Kier molecular flexibility index (Phi) is 6.17. The molecule has 0 spiro atoms. The highest BCUT2D eigenvalue weighted by Gasteiger charge is 2.36. The predicted molar refractivity (Wildman–Crippen MR) is 109 cm³/mol. The number of benzene rings is 1. The number of carbonyl (C=O) groups excluding carboxylic acids is 2. The number of piperazine rings is 1. The van der Waals surface area contributed by atoms with E-state index in [1.54, 1.807) is 47.9 Å². The van der Waals surface area contributed by atoms with Gasteiger partial charge in [-0.25, -0.2) is 0 Å². The van der Waals surface area contributed by atoms with E-state index in [2.05, 4.69) is 5.16 Å². The van der Waals surface area contributed by atoms with Gasteiger partial charge >= 0.3 is 0 Å². The van der Waals surface area contributed by atoms with E-state index in [1.165, 1.54) is 0 Å². The van der Waals surface area contributed by atoms with Crippen LogP contribution < -0.4 is 4.74 Å². The summed E-state index contributed by atoms with van der Waals surface area (Å²) < 4.78 is 11.0. The van der Waals surface area contributed by atoms with Crippen LogP contribution in [0.2, 0.25) is 5.02 Å². The van der Waals surface area contributed by atoms with Crippen LogP contribution in [0, 0.1) is 13.8 Å². The highest BCUT2D eigenvalue weighted by atomic mass is 35.5. The van der Waals surface area contributed by atoms with Crippen molar-refractivity contribution in [2.45, 2.75) is 39.7 Å². The standard InChI is InChI=1S/C21H26ClN3O4/c1-14-18(15(2)29-23-14)13-19(26)24-9-11-25(12-10-24)20(27)21(3,4)28-17-7-5-16(22)6-8-17/h5-8H,9-13H2,1-4H3. The number of carbonyl (C=O) groups is 2. The number of halogens is 1. The number of hydrogen-bond donors (Lipinski definition) is 0. The number of rotatable bonds is 5. The molecule has 1 aromatic carbocycles. The van der Waals surface area contributed by atoms with E-state index in [-0.39, 0.29) is 18.2 Å². The van der Waals surface area contributed by atoms with Crippen LogP contribution in [0.3, 0.4) is 0 Å². The van der Waals surface area contributed by atoms with Crippen LogP contribution in [0.4, 0.5) is 0 Å². The Hall–Kier alpha value is -2.54. The Balaban J connectivity index is 1.55. The van der Waals surface area contributed by atoms with Gasteiger partial charge in [-0.2, -0.15) is 0 Å². The Labute approximate surface area is 175 Å². The van der Waals surface area contributed by atoms with Gasteiger partial charge in [0.25, 0.3) is 5.91 Å². The minimum Gasteiger partial charge on any atom is -0.478 e. The SMILES string of the molecule is Cc1noc(C)c1CC(=O)N1CCN(C(=O)C(C)(C)Oc2ccc(Cl)cc2)CC1. The molecule has 1 aliphatic rings. The average molecular weight is 420 g/mol. The van der Waals surface area contributed by atoms with Crippen molar-refractivity contribution in [1.82, 2.24) is 15.0 Å². The van der Waals surface area contributed by atoms with Crippen molar-refractivity contribution < 1.29 is 18.8 Å². The largest absolute Gasteiger partial charge is 0.478 e. The number of aryl methyl sites for hydroxylation is 2. The van der Waals surface area contributed by atoms with Crippen LogP contribution in [-0.4, -0.2) is 58.6 Å². The summed E-state index contributed by atoms with van der Waals surface area (Å²) in [6, 6.07) is 6.92. The summed E-state index contributed by atoms with van der Waals surface area (Å²) >= 11 is 5.90. The van der Waals surface area contributed by atoms with E-state index in [0.717, 1.165) is 11.3 Å². The van der Waals surface area contributed by atoms with Crippen LogP contribution in [0.25, 0.3) is 0 Å². The minimum atomic E-state index is -1.02. The number of aromatic nitrogens is 1. The first-order valence-electron chi connectivity index (χ1n) is 9.61. The molecule has 1 aromatic heterocycles. The number of ether oxygens (including phenoxy) is 1. The zero-order valence-corrected chi connectivity index (χ0v) is 18.0. The van der Waals surface area contributed by atoms with E-state index in [9.17, 15) is 9.59 Å². The lowest BCUT2D eigenvalue weighted by Gasteiger charge is -2.38. The summed E-state index contributed by atoms with van der Waals surface area (Å²) in [6.07, 6.45) is 0.264. The van der Waals surface area contributed by atoms with Gasteiger partial charge in [-0.1, -0.05) is 16.8 Å². The quantitative estimate of drug-likeness (QED) is 0.744. The lowest BCUT2D eigenvalue weighted by atomic mass is 10.1. The van der Waals surface area contributed by atoms with Crippen molar-refractivity contribution in [2.75, 3.05) is 26.2 Å². The molecule has 0 radical (unpaired) electrons. The molecule has 3 rings (SSSR count). The molecule has 0 unspecified atom stereocenters. The zero-order valence-electron chi connectivity index (χ0n) is 17.2. The van der Waals surface area contributed by atoms with Gasteiger partial charge in [-0.15, -0.1) is 0 Å². The fourth-order valence-electron chi connectivity index (χ4n) is 3.40. The van der Waals surface area contributed by atoms with Gasteiger partial charge in [0, 0.05) is 36.8 Å². The predicted octanol–water partition coefficient (Wildman–Crippen LogP) is 3.02. The molecular formula is C21H26ClN3O4. The second kappa shape index (κ2) is 8.45. The molecule has 0 N–H and O–H groups in total. The van der Waals surface area contributed by atoms with Gasteiger partial charge in [0.1, 0.15) is 11.5 Å². The van der Waals surface area contributed by atoms with Crippen molar-refractivity contribution in [3.8, 4) is 5.75 Å². The fraction of sp³-hybridized carbons (Fsp3) is 0.476. The molecule has 0 bridgehead atoms.